The maximum atomic E-state index is 3.66. The third-order valence-corrected chi connectivity index (χ3v) is 4.80. The summed E-state index contributed by atoms with van der Waals surface area (Å²) in [6.45, 7) is 7.13. The molecule has 1 aromatic carbocycles. The first-order chi connectivity index (χ1) is 9.76. The van der Waals surface area contributed by atoms with E-state index in [0.29, 0.717) is 6.04 Å². The zero-order valence-corrected chi connectivity index (χ0v) is 12.8. The van der Waals surface area contributed by atoms with Crippen molar-refractivity contribution in [3.8, 4) is 0 Å². The molecule has 0 aliphatic carbocycles. The number of nitrogens with one attached hydrogen (secondary N) is 1. The highest BCUT2D eigenvalue weighted by Crippen LogP contribution is 2.25. The summed E-state index contributed by atoms with van der Waals surface area (Å²) in [5.41, 5.74) is 2.81. The summed E-state index contributed by atoms with van der Waals surface area (Å²) in [5, 5.41) is 3.66. The molecule has 2 aliphatic rings. The van der Waals surface area contributed by atoms with Crippen LogP contribution in [-0.4, -0.2) is 55.1 Å². The Morgan fingerprint density at radius 3 is 2.95 bits per heavy atom. The second-order valence-electron chi connectivity index (χ2n) is 6.35. The number of hydrogen-bond donors (Lipinski definition) is 1. The van der Waals surface area contributed by atoms with E-state index in [1.54, 1.807) is 0 Å². The molecule has 0 amide bonds. The van der Waals surface area contributed by atoms with E-state index < -0.39 is 0 Å². The van der Waals surface area contributed by atoms with Gasteiger partial charge in [-0.1, -0.05) is 25.1 Å². The molecule has 2 unspecified atom stereocenters. The average molecular weight is 273 g/mol. The fourth-order valence-corrected chi connectivity index (χ4v) is 3.81. The lowest BCUT2D eigenvalue weighted by molar-refractivity contribution is 0.195. The van der Waals surface area contributed by atoms with Crippen LogP contribution in [0.1, 0.15) is 25.3 Å². The molecule has 0 bridgehead atoms. The van der Waals surface area contributed by atoms with Crippen molar-refractivity contribution >= 4 is 5.69 Å². The molecular weight excluding hydrogens is 246 g/mol. The van der Waals surface area contributed by atoms with Gasteiger partial charge < -0.3 is 10.2 Å². The first-order valence-corrected chi connectivity index (χ1v) is 8.03. The van der Waals surface area contributed by atoms with E-state index in [2.05, 4.69) is 53.4 Å². The van der Waals surface area contributed by atoms with Crippen molar-refractivity contribution < 1.29 is 0 Å². The van der Waals surface area contributed by atoms with E-state index in [1.807, 2.05) is 0 Å². The standard InChI is InChI=1S/C17H27N3/c1-3-20-10-6-8-16(20)13-19(2)12-15-11-14-7-4-5-9-17(14)18-15/h4-5,7,9,15-16,18H,3,6,8,10-13H2,1-2H3. The topological polar surface area (TPSA) is 18.5 Å². The van der Waals surface area contributed by atoms with Gasteiger partial charge in [-0.25, -0.2) is 0 Å². The normalized spacial score (nSPS) is 25.9. The number of likely N-dealkylation sites (N-methyl/N-ethyl adjacent to an activating group) is 2. The minimum Gasteiger partial charge on any atom is -0.380 e. The molecule has 0 aromatic heterocycles. The Hall–Kier alpha value is -1.06. The van der Waals surface area contributed by atoms with Gasteiger partial charge in [0.15, 0.2) is 0 Å². The van der Waals surface area contributed by atoms with Crippen LogP contribution < -0.4 is 5.32 Å². The van der Waals surface area contributed by atoms with Crippen LogP contribution in [0, 0.1) is 0 Å². The summed E-state index contributed by atoms with van der Waals surface area (Å²) in [6.07, 6.45) is 3.92. The van der Waals surface area contributed by atoms with E-state index in [9.17, 15) is 0 Å². The van der Waals surface area contributed by atoms with E-state index in [4.69, 9.17) is 0 Å². The lowest BCUT2D eigenvalue weighted by Gasteiger charge is -2.29. The van der Waals surface area contributed by atoms with Gasteiger partial charge in [0, 0.05) is 30.9 Å². The summed E-state index contributed by atoms with van der Waals surface area (Å²) < 4.78 is 0. The second-order valence-corrected chi connectivity index (χ2v) is 6.35. The molecule has 0 spiro atoms. The molecule has 110 valence electrons. The molecule has 2 aliphatic heterocycles. The smallest absolute Gasteiger partial charge is 0.0429 e. The van der Waals surface area contributed by atoms with Gasteiger partial charge in [0.05, 0.1) is 0 Å². The highest BCUT2D eigenvalue weighted by molar-refractivity contribution is 5.56. The maximum Gasteiger partial charge on any atom is 0.0429 e. The largest absolute Gasteiger partial charge is 0.380 e. The van der Waals surface area contributed by atoms with Gasteiger partial charge in [0.25, 0.3) is 0 Å². The second kappa shape index (κ2) is 6.15. The monoisotopic (exact) mass is 273 g/mol. The number of rotatable bonds is 5. The molecule has 3 heteroatoms. The van der Waals surface area contributed by atoms with Crippen LogP contribution in [0.2, 0.25) is 0 Å². The average Bonchev–Trinajstić information content (AvgIpc) is 3.03. The molecule has 1 saturated heterocycles. The SMILES string of the molecule is CCN1CCCC1CN(C)CC1Cc2ccccc2N1. The number of para-hydroxylation sites is 1. The van der Waals surface area contributed by atoms with Crippen LogP contribution in [0.25, 0.3) is 0 Å². The quantitative estimate of drug-likeness (QED) is 0.889. The molecule has 2 atom stereocenters. The fourth-order valence-electron chi connectivity index (χ4n) is 3.81. The van der Waals surface area contributed by atoms with E-state index >= 15 is 0 Å². The van der Waals surface area contributed by atoms with Crippen molar-refractivity contribution in [1.29, 1.82) is 0 Å². The Labute approximate surface area is 123 Å². The summed E-state index contributed by atoms with van der Waals surface area (Å²) in [4.78, 5) is 5.15. The number of likely N-dealkylation sites (tertiary alicyclic amines) is 1. The molecule has 1 N–H and O–H groups in total. The molecule has 0 radical (unpaired) electrons. The van der Waals surface area contributed by atoms with Crippen LogP contribution in [-0.2, 0) is 6.42 Å². The Morgan fingerprint density at radius 2 is 2.15 bits per heavy atom. The third-order valence-electron chi connectivity index (χ3n) is 4.80. The molecular formula is C17H27N3. The van der Waals surface area contributed by atoms with E-state index in [-0.39, 0.29) is 0 Å². The molecule has 0 saturated carbocycles. The summed E-state index contributed by atoms with van der Waals surface area (Å²) in [5.74, 6) is 0. The van der Waals surface area contributed by atoms with Gasteiger partial charge in [-0.2, -0.15) is 0 Å². The molecule has 1 aromatic rings. The number of benzene rings is 1. The van der Waals surface area contributed by atoms with Gasteiger partial charge in [-0.3, -0.25) is 4.90 Å². The van der Waals surface area contributed by atoms with E-state index in [0.717, 1.165) is 12.6 Å². The van der Waals surface area contributed by atoms with Crippen molar-refractivity contribution in [2.45, 2.75) is 38.3 Å². The first-order valence-electron chi connectivity index (χ1n) is 8.03. The minimum atomic E-state index is 0.578. The van der Waals surface area contributed by atoms with Crippen LogP contribution in [0.4, 0.5) is 5.69 Å². The van der Waals surface area contributed by atoms with Crippen LogP contribution in [0.5, 0.6) is 0 Å². The molecule has 1 fully saturated rings. The van der Waals surface area contributed by atoms with Gasteiger partial charge in [-0.15, -0.1) is 0 Å². The lowest BCUT2D eigenvalue weighted by Crippen LogP contribution is -2.42. The highest BCUT2D eigenvalue weighted by Gasteiger charge is 2.26. The van der Waals surface area contributed by atoms with Crippen LogP contribution >= 0.6 is 0 Å². The summed E-state index contributed by atoms with van der Waals surface area (Å²) in [7, 11) is 2.27. The van der Waals surface area contributed by atoms with Gasteiger partial charge in [0.2, 0.25) is 0 Å². The Balaban J connectivity index is 1.49. The lowest BCUT2D eigenvalue weighted by atomic mass is 10.1. The zero-order chi connectivity index (χ0) is 13.9. The Kier molecular flexibility index (Phi) is 4.27. The third kappa shape index (κ3) is 2.99. The molecule has 3 rings (SSSR count). The first kappa shape index (κ1) is 13.9. The number of fused-ring (bicyclic) bond motifs is 1. The molecule has 3 nitrogen and oxygen atoms in total. The highest BCUT2D eigenvalue weighted by atomic mass is 15.2. The fraction of sp³-hybridized carbons (Fsp3) is 0.647. The van der Waals surface area contributed by atoms with Gasteiger partial charge in [0.1, 0.15) is 0 Å². The minimum absolute atomic E-state index is 0.578. The van der Waals surface area contributed by atoms with Crippen molar-refractivity contribution in [1.82, 2.24) is 9.80 Å². The van der Waals surface area contributed by atoms with Crippen molar-refractivity contribution in [3.05, 3.63) is 29.8 Å². The predicted octanol–water partition coefficient (Wildman–Crippen LogP) is 2.44. The van der Waals surface area contributed by atoms with Crippen molar-refractivity contribution in [2.24, 2.45) is 0 Å². The Morgan fingerprint density at radius 1 is 1.30 bits per heavy atom. The van der Waals surface area contributed by atoms with Gasteiger partial charge in [-0.05, 0) is 51.0 Å². The van der Waals surface area contributed by atoms with Crippen molar-refractivity contribution in [3.63, 3.8) is 0 Å². The Bertz CT molecular complexity index is 421. The van der Waals surface area contributed by atoms with Crippen molar-refractivity contribution in [2.75, 3.05) is 38.5 Å². The zero-order valence-electron chi connectivity index (χ0n) is 12.8. The molecule has 2 heterocycles. The van der Waals surface area contributed by atoms with Crippen LogP contribution in [0.3, 0.4) is 0 Å². The maximum absolute atomic E-state index is 3.66. The van der Waals surface area contributed by atoms with Crippen LogP contribution in [0.15, 0.2) is 24.3 Å². The summed E-state index contributed by atoms with van der Waals surface area (Å²) in [6, 6.07) is 10.1. The summed E-state index contributed by atoms with van der Waals surface area (Å²) >= 11 is 0. The van der Waals surface area contributed by atoms with E-state index in [1.165, 1.54) is 50.1 Å². The number of nitrogens with zero attached hydrogens (tertiary/aromatic N) is 2. The molecule has 20 heavy (non-hydrogen) atoms. The number of anilines is 1. The predicted molar refractivity (Wildman–Crippen MR) is 85.3 cm³/mol. The van der Waals surface area contributed by atoms with Gasteiger partial charge >= 0.3 is 0 Å². The number of hydrogen-bond acceptors (Lipinski definition) is 3.